The fourth-order valence-electron chi connectivity index (χ4n) is 2.83. The molecule has 0 aliphatic rings. The van der Waals surface area contributed by atoms with E-state index in [4.69, 9.17) is 0 Å². The van der Waals surface area contributed by atoms with Gasteiger partial charge in [0.1, 0.15) is 5.03 Å². The van der Waals surface area contributed by atoms with Gasteiger partial charge < -0.3 is 5.32 Å². The SMILES string of the molecule is CC(=O)c1c(C)nc(-c2ccccc2)nc1SCC(=O)Nc1cccc(C)c1. The van der Waals surface area contributed by atoms with Crippen LogP contribution in [0.4, 0.5) is 5.69 Å². The van der Waals surface area contributed by atoms with E-state index in [-0.39, 0.29) is 17.4 Å². The van der Waals surface area contributed by atoms with Gasteiger partial charge >= 0.3 is 0 Å². The van der Waals surface area contributed by atoms with Crippen LogP contribution in [-0.2, 0) is 4.79 Å². The lowest BCUT2D eigenvalue weighted by Crippen LogP contribution is -2.15. The maximum atomic E-state index is 12.4. The molecule has 28 heavy (non-hydrogen) atoms. The number of ketones is 1. The van der Waals surface area contributed by atoms with Crippen molar-refractivity contribution in [1.82, 2.24) is 9.97 Å². The summed E-state index contributed by atoms with van der Waals surface area (Å²) in [5.41, 5.74) is 3.77. The molecule has 0 unspecified atom stereocenters. The topological polar surface area (TPSA) is 72.0 Å². The summed E-state index contributed by atoms with van der Waals surface area (Å²) in [6, 6.07) is 17.2. The second kappa shape index (κ2) is 8.80. The summed E-state index contributed by atoms with van der Waals surface area (Å²) >= 11 is 1.25. The molecule has 1 amide bonds. The van der Waals surface area contributed by atoms with E-state index in [1.54, 1.807) is 6.92 Å². The molecule has 1 heterocycles. The van der Waals surface area contributed by atoms with E-state index in [9.17, 15) is 9.59 Å². The molecule has 3 rings (SSSR count). The minimum Gasteiger partial charge on any atom is -0.325 e. The Morgan fingerprint density at radius 1 is 1.00 bits per heavy atom. The molecule has 0 aliphatic carbocycles. The van der Waals surface area contributed by atoms with E-state index in [1.165, 1.54) is 18.7 Å². The predicted molar refractivity (Wildman–Crippen MR) is 113 cm³/mol. The van der Waals surface area contributed by atoms with Gasteiger partial charge in [-0.2, -0.15) is 0 Å². The number of aromatic nitrogens is 2. The number of anilines is 1. The zero-order valence-electron chi connectivity index (χ0n) is 16.0. The van der Waals surface area contributed by atoms with E-state index in [0.29, 0.717) is 22.1 Å². The minimum atomic E-state index is -0.150. The Hall–Kier alpha value is -2.99. The normalized spacial score (nSPS) is 10.5. The van der Waals surface area contributed by atoms with Crippen molar-refractivity contribution in [3.63, 3.8) is 0 Å². The Morgan fingerprint density at radius 3 is 2.43 bits per heavy atom. The molecule has 2 aromatic carbocycles. The fourth-order valence-corrected chi connectivity index (χ4v) is 3.75. The number of amides is 1. The molecule has 0 saturated heterocycles. The molecular weight excluding hydrogens is 370 g/mol. The van der Waals surface area contributed by atoms with Gasteiger partial charge in [0.2, 0.25) is 5.91 Å². The first-order valence-electron chi connectivity index (χ1n) is 8.88. The number of nitrogens with one attached hydrogen (secondary N) is 1. The van der Waals surface area contributed by atoms with Crippen LogP contribution in [0.1, 0.15) is 28.5 Å². The van der Waals surface area contributed by atoms with E-state index in [1.807, 2.05) is 61.5 Å². The maximum absolute atomic E-state index is 12.4. The Bertz CT molecular complexity index is 1020. The molecule has 0 fully saturated rings. The van der Waals surface area contributed by atoms with Crippen LogP contribution in [0, 0.1) is 13.8 Å². The van der Waals surface area contributed by atoms with Gasteiger partial charge in [0.25, 0.3) is 0 Å². The third-order valence-corrected chi connectivity index (χ3v) is 5.06. The molecule has 0 aliphatic heterocycles. The fraction of sp³-hybridized carbons (Fsp3) is 0.182. The van der Waals surface area contributed by atoms with Crippen LogP contribution in [0.3, 0.4) is 0 Å². The highest BCUT2D eigenvalue weighted by molar-refractivity contribution is 8.00. The zero-order valence-corrected chi connectivity index (χ0v) is 16.8. The Morgan fingerprint density at radius 2 is 1.75 bits per heavy atom. The highest BCUT2D eigenvalue weighted by Crippen LogP contribution is 2.27. The number of hydrogen-bond acceptors (Lipinski definition) is 5. The van der Waals surface area contributed by atoms with E-state index in [2.05, 4.69) is 15.3 Å². The molecular formula is C22H21N3O2S. The summed E-state index contributed by atoms with van der Waals surface area (Å²) < 4.78 is 0. The number of thioether (sulfide) groups is 1. The summed E-state index contributed by atoms with van der Waals surface area (Å²) in [6.07, 6.45) is 0. The predicted octanol–water partition coefficient (Wildman–Crippen LogP) is 4.69. The first-order chi connectivity index (χ1) is 13.4. The molecule has 0 spiro atoms. The van der Waals surface area contributed by atoms with Crippen molar-refractivity contribution in [2.45, 2.75) is 25.8 Å². The number of Topliss-reactive ketones (excluding diaryl/α,β-unsaturated/α-hetero) is 1. The third kappa shape index (κ3) is 4.84. The van der Waals surface area contributed by atoms with Crippen molar-refractivity contribution >= 4 is 29.1 Å². The van der Waals surface area contributed by atoms with Gasteiger partial charge in [0.15, 0.2) is 11.6 Å². The van der Waals surface area contributed by atoms with Gasteiger partial charge in [-0.1, -0.05) is 54.2 Å². The highest BCUT2D eigenvalue weighted by Gasteiger charge is 2.18. The number of carbonyl (C=O) groups is 2. The zero-order chi connectivity index (χ0) is 20.1. The first-order valence-corrected chi connectivity index (χ1v) is 9.87. The van der Waals surface area contributed by atoms with E-state index in [0.717, 1.165) is 16.8 Å². The molecule has 0 atom stereocenters. The van der Waals surface area contributed by atoms with Gasteiger partial charge in [-0.25, -0.2) is 9.97 Å². The Balaban J connectivity index is 1.82. The summed E-state index contributed by atoms with van der Waals surface area (Å²) in [5, 5.41) is 3.40. The molecule has 142 valence electrons. The van der Waals surface area contributed by atoms with Gasteiger partial charge in [0.05, 0.1) is 17.0 Å². The van der Waals surface area contributed by atoms with Crippen LogP contribution in [0.25, 0.3) is 11.4 Å². The van der Waals surface area contributed by atoms with Crippen LogP contribution in [0.2, 0.25) is 0 Å². The van der Waals surface area contributed by atoms with Crippen molar-refractivity contribution in [2.75, 3.05) is 11.1 Å². The van der Waals surface area contributed by atoms with Crippen LogP contribution in [0.15, 0.2) is 59.6 Å². The lowest BCUT2D eigenvalue weighted by Gasteiger charge is -2.11. The number of aryl methyl sites for hydroxylation is 2. The van der Waals surface area contributed by atoms with Crippen molar-refractivity contribution < 1.29 is 9.59 Å². The average Bonchev–Trinajstić information content (AvgIpc) is 2.66. The monoisotopic (exact) mass is 391 g/mol. The van der Waals surface area contributed by atoms with Gasteiger partial charge in [-0.05, 0) is 38.5 Å². The molecule has 0 bridgehead atoms. The lowest BCUT2D eigenvalue weighted by molar-refractivity contribution is -0.113. The average molecular weight is 391 g/mol. The maximum Gasteiger partial charge on any atom is 0.234 e. The Kier molecular flexibility index (Phi) is 6.21. The number of benzene rings is 2. The van der Waals surface area contributed by atoms with E-state index >= 15 is 0 Å². The second-order valence-electron chi connectivity index (χ2n) is 6.44. The van der Waals surface area contributed by atoms with Crippen molar-refractivity contribution in [2.24, 2.45) is 0 Å². The van der Waals surface area contributed by atoms with Crippen LogP contribution in [0.5, 0.6) is 0 Å². The highest BCUT2D eigenvalue weighted by atomic mass is 32.2. The van der Waals surface area contributed by atoms with Gasteiger partial charge in [0, 0.05) is 11.3 Å². The number of nitrogens with zero attached hydrogens (tertiary/aromatic N) is 2. The lowest BCUT2D eigenvalue weighted by atomic mass is 10.1. The van der Waals surface area contributed by atoms with Crippen molar-refractivity contribution in [1.29, 1.82) is 0 Å². The molecule has 3 aromatic rings. The standard InChI is InChI=1S/C22H21N3O2S/c1-14-8-7-11-18(12-14)24-19(27)13-28-22-20(16(3)26)15(2)23-21(25-22)17-9-5-4-6-10-17/h4-12H,13H2,1-3H3,(H,24,27). The van der Waals surface area contributed by atoms with Crippen LogP contribution >= 0.6 is 11.8 Å². The Labute approximate surface area is 168 Å². The minimum absolute atomic E-state index is 0.112. The number of carbonyl (C=O) groups excluding carboxylic acids is 2. The van der Waals surface area contributed by atoms with Gasteiger partial charge in [-0.3, -0.25) is 9.59 Å². The van der Waals surface area contributed by atoms with Gasteiger partial charge in [-0.15, -0.1) is 0 Å². The molecule has 0 radical (unpaired) electrons. The molecule has 5 nitrogen and oxygen atoms in total. The summed E-state index contributed by atoms with van der Waals surface area (Å²) in [5.74, 6) is 0.435. The molecule has 1 N–H and O–H groups in total. The van der Waals surface area contributed by atoms with E-state index < -0.39 is 0 Å². The molecule has 1 aromatic heterocycles. The van der Waals surface area contributed by atoms with Crippen LogP contribution in [-0.4, -0.2) is 27.4 Å². The largest absolute Gasteiger partial charge is 0.325 e. The summed E-state index contributed by atoms with van der Waals surface area (Å²) in [4.78, 5) is 33.5. The molecule has 0 saturated carbocycles. The summed E-state index contributed by atoms with van der Waals surface area (Å²) in [7, 11) is 0. The number of rotatable bonds is 6. The smallest absolute Gasteiger partial charge is 0.234 e. The number of hydrogen-bond donors (Lipinski definition) is 1. The quantitative estimate of drug-likeness (QED) is 0.375. The van der Waals surface area contributed by atoms with Crippen molar-refractivity contribution in [3.05, 3.63) is 71.4 Å². The van der Waals surface area contributed by atoms with Crippen LogP contribution < -0.4 is 5.32 Å². The first kappa shape index (κ1) is 19.8. The van der Waals surface area contributed by atoms with Crippen molar-refractivity contribution in [3.8, 4) is 11.4 Å². The third-order valence-electron chi connectivity index (χ3n) is 4.08. The second-order valence-corrected chi connectivity index (χ2v) is 7.41. The summed E-state index contributed by atoms with van der Waals surface area (Å²) in [6.45, 7) is 5.25. The molecule has 6 heteroatoms.